The molecule has 4 rings (SSSR count). The van der Waals surface area contributed by atoms with Crippen LogP contribution < -0.4 is 9.47 Å². The number of ether oxygens (including phenoxy) is 2. The number of aromatic nitrogens is 3. The van der Waals surface area contributed by atoms with Gasteiger partial charge in [-0.1, -0.05) is 57.5 Å². The first-order valence-electron chi connectivity index (χ1n) is 11.4. The van der Waals surface area contributed by atoms with Crippen molar-refractivity contribution in [2.45, 2.75) is 30.9 Å². The van der Waals surface area contributed by atoms with Crippen molar-refractivity contribution in [2.75, 3.05) is 13.2 Å². The van der Waals surface area contributed by atoms with E-state index < -0.39 is 5.25 Å². The molecule has 0 saturated carbocycles. The second-order valence-electron chi connectivity index (χ2n) is 8.02. The number of aryl methyl sites for hydroxylation is 1. The van der Waals surface area contributed by atoms with E-state index in [2.05, 4.69) is 26.1 Å². The molecule has 1 heterocycles. The van der Waals surface area contributed by atoms with Crippen LogP contribution in [0.3, 0.4) is 0 Å². The summed E-state index contributed by atoms with van der Waals surface area (Å²) in [4.78, 5) is 11.3. The number of thioether (sulfide) groups is 1. The van der Waals surface area contributed by atoms with Crippen LogP contribution in [0.5, 0.6) is 11.5 Å². The number of hydrogen-bond donors (Lipinski definition) is 0. The largest absolute Gasteiger partial charge is 0.490 e. The molecule has 37 heavy (non-hydrogen) atoms. The second-order valence-corrected chi connectivity index (χ2v) is 10.5. The van der Waals surface area contributed by atoms with E-state index in [0.717, 1.165) is 21.3 Å². The molecule has 0 amide bonds. The third-order valence-electron chi connectivity index (χ3n) is 5.39. The van der Waals surface area contributed by atoms with Gasteiger partial charge in [-0.3, -0.25) is 14.7 Å². The molecule has 0 spiro atoms. The summed E-state index contributed by atoms with van der Waals surface area (Å²) in [6.07, 6.45) is 0. The third kappa shape index (κ3) is 7.03. The Hall–Kier alpha value is -3.08. The highest BCUT2D eigenvalue weighted by Crippen LogP contribution is 2.40. The highest BCUT2D eigenvalue weighted by molar-refractivity contribution is 9.10. The molecule has 1 atom stereocenters. The van der Waals surface area contributed by atoms with Gasteiger partial charge in [-0.15, -0.1) is 10.2 Å². The molecule has 0 saturated heterocycles. The summed E-state index contributed by atoms with van der Waals surface area (Å²) in [5.74, 6) is 1.76. The molecular weight excluding hydrogens is 580 g/mol. The fourth-order valence-electron chi connectivity index (χ4n) is 3.63. The zero-order valence-corrected chi connectivity index (χ0v) is 23.3. The topological polar surface area (TPSA) is 92.3 Å². The molecule has 0 N–H and O–H groups in total. The lowest BCUT2D eigenvalue weighted by Gasteiger charge is -2.17. The average molecular weight is 604 g/mol. The molecular formula is C26H24BrClN4O4S. The van der Waals surface area contributed by atoms with E-state index in [9.17, 15) is 10.1 Å². The zero-order chi connectivity index (χ0) is 26.4. The van der Waals surface area contributed by atoms with E-state index in [1.807, 2.05) is 60.9 Å². The van der Waals surface area contributed by atoms with Crippen LogP contribution in [0.1, 0.15) is 29.1 Å². The van der Waals surface area contributed by atoms with Crippen molar-refractivity contribution in [3.63, 3.8) is 0 Å². The maximum atomic E-state index is 11.6. The molecule has 192 valence electrons. The lowest BCUT2D eigenvalue weighted by atomic mass is 10.1. The number of hydrogen-bond acceptors (Lipinski definition) is 7. The Morgan fingerprint density at radius 3 is 2.46 bits per heavy atom. The molecule has 11 heteroatoms. The predicted molar refractivity (Wildman–Crippen MR) is 148 cm³/mol. The highest BCUT2D eigenvalue weighted by Gasteiger charge is 2.25. The van der Waals surface area contributed by atoms with E-state index in [1.165, 1.54) is 11.8 Å². The minimum absolute atomic E-state index is 0.304. The summed E-state index contributed by atoms with van der Waals surface area (Å²) in [5.41, 5.74) is 2.55. The van der Waals surface area contributed by atoms with Crippen molar-refractivity contribution in [1.82, 2.24) is 14.8 Å². The molecule has 0 bridgehead atoms. The average Bonchev–Trinajstić information content (AvgIpc) is 3.24. The van der Waals surface area contributed by atoms with E-state index in [0.29, 0.717) is 40.7 Å². The molecule has 0 aliphatic carbocycles. The molecule has 0 aliphatic rings. The number of nitrogens with zero attached hydrogens (tertiary/aromatic N) is 4. The molecule has 8 nitrogen and oxygen atoms in total. The van der Waals surface area contributed by atoms with Crippen molar-refractivity contribution >= 4 is 39.3 Å². The Morgan fingerprint density at radius 1 is 1.05 bits per heavy atom. The van der Waals surface area contributed by atoms with Crippen LogP contribution in [0.25, 0.3) is 5.69 Å². The van der Waals surface area contributed by atoms with Crippen molar-refractivity contribution in [3.05, 3.63) is 103 Å². The van der Waals surface area contributed by atoms with Crippen molar-refractivity contribution < 1.29 is 14.4 Å². The molecule has 1 aromatic heterocycles. The monoisotopic (exact) mass is 602 g/mol. The lowest BCUT2D eigenvalue weighted by Crippen LogP contribution is -2.11. The number of nitro groups is 1. The first kappa shape index (κ1) is 27.0. The molecule has 0 radical (unpaired) electrons. The molecule has 3 aromatic carbocycles. The quantitative estimate of drug-likeness (QED) is 0.103. The zero-order valence-electron chi connectivity index (χ0n) is 20.1. The van der Waals surface area contributed by atoms with Gasteiger partial charge in [-0.05, 0) is 73.5 Å². The fourth-order valence-corrected chi connectivity index (χ4v) is 5.19. The Morgan fingerprint density at radius 2 is 1.78 bits per heavy atom. The summed E-state index contributed by atoms with van der Waals surface area (Å²) in [6.45, 7) is 4.20. The van der Waals surface area contributed by atoms with Gasteiger partial charge in [0.05, 0.1) is 6.61 Å². The minimum atomic E-state index is -0.538. The molecule has 0 aliphatic heterocycles. The Labute approximate surface area is 232 Å². The highest BCUT2D eigenvalue weighted by atomic mass is 79.9. The first-order chi connectivity index (χ1) is 17.8. The molecule has 4 aromatic rings. The van der Waals surface area contributed by atoms with Gasteiger partial charge in [0.15, 0.2) is 16.7 Å². The van der Waals surface area contributed by atoms with Gasteiger partial charge in [-0.25, -0.2) is 0 Å². The van der Waals surface area contributed by atoms with Crippen LogP contribution >= 0.6 is 39.3 Å². The van der Waals surface area contributed by atoms with E-state index in [1.54, 1.807) is 24.3 Å². The maximum absolute atomic E-state index is 11.6. The number of halogens is 2. The fraction of sp³-hybridized carbons (Fsp3) is 0.231. The minimum Gasteiger partial charge on any atom is -0.490 e. The standard InChI is InChI=1S/C26H24BrClN4O4S/c1-3-35-24-14-19(6-13-23(24)36-16-18-4-7-20(27)8-5-18)25(15-31(33)34)37-26-30-29-17(2)32(26)22-11-9-21(28)10-12-22/h4-14,25H,3,15-16H2,1-2H3/t25-/m1/s1. The summed E-state index contributed by atoms with van der Waals surface area (Å²) in [6, 6.07) is 20.6. The SMILES string of the molecule is CCOc1cc([C@@H](C[N+](=O)[O-])Sc2nnc(C)n2-c2ccc(Cl)cc2)ccc1OCc1ccc(Br)cc1. The van der Waals surface area contributed by atoms with Crippen molar-refractivity contribution in [1.29, 1.82) is 0 Å². The van der Waals surface area contributed by atoms with Gasteiger partial charge in [0.25, 0.3) is 0 Å². The normalized spacial score (nSPS) is 11.8. The van der Waals surface area contributed by atoms with Crippen molar-refractivity contribution in [3.8, 4) is 17.2 Å². The summed E-state index contributed by atoms with van der Waals surface area (Å²) < 4.78 is 14.7. The summed E-state index contributed by atoms with van der Waals surface area (Å²) in [5, 5.41) is 20.7. The van der Waals surface area contributed by atoms with Gasteiger partial charge in [0, 0.05) is 20.1 Å². The Kier molecular flexibility index (Phi) is 9.07. The number of rotatable bonds is 11. The smallest absolute Gasteiger partial charge is 0.220 e. The molecule has 0 unspecified atom stereocenters. The van der Waals surface area contributed by atoms with E-state index in [4.69, 9.17) is 21.1 Å². The van der Waals surface area contributed by atoms with Gasteiger partial charge < -0.3 is 9.47 Å². The van der Waals surface area contributed by atoms with Crippen LogP contribution in [-0.4, -0.2) is 32.8 Å². The Bertz CT molecular complexity index is 1370. The van der Waals surface area contributed by atoms with Crippen LogP contribution in [-0.2, 0) is 6.61 Å². The van der Waals surface area contributed by atoms with E-state index >= 15 is 0 Å². The van der Waals surface area contributed by atoms with Gasteiger partial charge in [0.1, 0.15) is 17.7 Å². The summed E-state index contributed by atoms with van der Waals surface area (Å²) >= 11 is 10.8. The van der Waals surface area contributed by atoms with Crippen LogP contribution in [0.4, 0.5) is 0 Å². The third-order valence-corrected chi connectivity index (χ3v) is 7.35. The Balaban J connectivity index is 1.61. The molecule has 0 fully saturated rings. The van der Waals surface area contributed by atoms with Crippen LogP contribution in [0.15, 0.2) is 76.4 Å². The number of benzene rings is 3. The van der Waals surface area contributed by atoms with E-state index in [-0.39, 0.29) is 11.5 Å². The predicted octanol–water partition coefficient (Wildman–Crippen LogP) is 7.08. The van der Waals surface area contributed by atoms with Gasteiger partial charge in [0.2, 0.25) is 6.54 Å². The van der Waals surface area contributed by atoms with Gasteiger partial charge >= 0.3 is 0 Å². The van der Waals surface area contributed by atoms with Gasteiger partial charge in [-0.2, -0.15) is 0 Å². The second kappa shape index (κ2) is 12.4. The van der Waals surface area contributed by atoms with Crippen molar-refractivity contribution in [2.24, 2.45) is 0 Å². The first-order valence-corrected chi connectivity index (χ1v) is 13.5. The maximum Gasteiger partial charge on any atom is 0.220 e. The van der Waals surface area contributed by atoms with Crippen LogP contribution in [0.2, 0.25) is 5.02 Å². The van der Waals surface area contributed by atoms with Crippen LogP contribution in [0, 0.1) is 17.0 Å². The lowest BCUT2D eigenvalue weighted by molar-refractivity contribution is -0.479. The summed E-state index contributed by atoms with van der Waals surface area (Å²) in [7, 11) is 0.